The van der Waals surface area contributed by atoms with E-state index >= 15 is 0 Å². The highest BCUT2D eigenvalue weighted by molar-refractivity contribution is 5.80. The summed E-state index contributed by atoms with van der Waals surface area (Å²) in [5.41, 5.74) is 6.46. The van der Waals surface area contributed by atoms with Crippen LogP contribution in [0.4, 0.5) is 4.79 Å². The van der Waals surface area contributed by atoms with Crippen molar-refractivity contribution in [2.75, 3.05) is 13.2 Å². The molecule has 5 nitrogen and oxygen atoms in total. The maximum Gasteiger partial charge on any atom is 0.407 e. The Hall–Kier alpha value is -3.70. The molecule has 1 atom stereocenters. The number of fused-ring (bicyclic) bond motifs is 4. The number of carbonyl (C=O) groups is 1. The van der Waals surface area contributed by atoms with Gasteiger partial charge in [-0.3, -0.25) is 4.98 Å². The van der Waals surface area contributed by atoms with E-state index in [9.17, 15) is 9.90 Å². The highest BCUT2D eigenvalue weighted by atomic mass is 16.5. The topological polar surface area (TPSA) is 71.5 Å². The zero-order chi connectivity index (χ0) is 21.9. The Morgan fingerprint density at radius 3 is 2.34 bits per heavy atom. The number of amides is 1. The molecule has 3 aromatic carbocycles. The molecule has 0 aliphatic heterocycles. The second kappa shape index (κ2) is 8.81. The largest absolute Gasteiger partial charge is 0.449 e. The Balaban J connectivity index is 1.31. The van der Waals surface area contributed by atoms with Gasteiger partial charge in [-0.1, -0.05) is 66.7 Å². The fourth-order valence-corrected chi connectivity index (χ4v) is 4.51. The van der Waals surface area contributed by atoms with Gasteiger partial charge in [0.15, 0.2) is 0 Å². The van der Waals surface area contributed by atoms with Crippen LogP contribution in [0.15, 0.2) is 85.1 Å². The lowest BCUT2D eigenvalue weighted by Crippen LogP contribution is -2.31. The van der Waals surface area contributed by atoms with Gasteiger partial charge in [-0.25, -0.2) is 4.79 Å². The molecule has 5 heteroatoms. The number of para-hydroxylation sites is 1. The van der Waals surface area contributed by atoms with E-state index in [1.54, 1.807) is 6.20 Å². The maximum absolute atomic E-state index is 12.7. The van der Waals surface area contributed by atoms with E-state index < -0.39 is 6.09 Å². The standard InChI is InChI=1S/C27H24N2O3/c30-14-13-26(19-15-18-7-1-6-12-25(18)28-16-19)29-27(31)32-17-24-22-10-4-2-8-20(22)21-9-3-5-11-23(21)24/h1-12,15-16,24,26,30H,13-14,17H2,(H,29,31)/t26-/m1/s1. The summed E-state index contributed by atoms with van der Waals surface area (Å²) in [6, 6.07) is 25.9. The number of pyridine rings is 1. The van der Waals surface area contributed by atoms with Gasteiger partial charge in [0.1, 0.15) is 6.61 Å². The van der Waals surface area contributed by atoms with Crippen LogP contribution in [0.1, 0.15) is 35.1 Å². The molecule has 160 valence electrons. The van der Waals surface area contributed by atoms with Crippen molar-refractivity contribution < 1.29 is 14.6 Å². The van der Waals surface area contributed by atoms with Crippen LogP contribution >= 0.6 is 0 Å². The SMILES string of the molecule is O=C(N[C@H](CCO)c1cnc2ccccc2c1)OCC1c2ccccc2-c2ccccc21. The van der Waals surface area contributed by atoms with Crippen LogP contribution in [-0.4, -0.2) is 29.4 Å². The fraction of sp³-hybridized carbons (Fsp3) is 0.185. The molecule has 0 spiro atoms. The summed E-state index contributed by atoms with van der Waals surface area (Å²) in [6.07, 6.45) is 1.62. The Labute approximate surface area is 186 Å². The molecule has 32 heavy (non-hydrogen) atoms. The molecule has 1 amide bonds. The average molecular weight is 425 g/mol. The highest BCUT2D eigenvalue weighted by Crippen LogP contribution is 2.44. The second-order valence-electron chi connectivity index (χ2n) is 8.00. The van der Waals surface area contributed by atoms with E-state index in [4.69, 9.17) is 4.74 Å². The van der Waals surface area contributed by atoms with Crippen LogP contribution in [0.2, 0.25) is 0 Å². The van der Waals surface area contributed by atoms with Gasteiger partial charge in [-0.15, -0.1) is 0 Å². The molecule has 1 aliphatic rings. The van der Waals surface area contributed by atoms with Gasteiger partial charge in [-0.05, 0) is 46.4 Å². The van der Waals surface area contributed by atoms with E-state index in [0.717, 1.165) is 16.5 Å². The van der Waals surface area contributed by atoms with Crippen molar-refractivity contribution in [2.24, 2.45) is 0 Å². The van der Waals surface area contributed by atoms with E-state index in [0.29, 0.717) is 6.42 Å². The number of carbonyl (C=O) groups excluding carboxylic acids is 1. The number of hydrogen-bond acceptors (Lipinski definition) is 4. The van der Waals surface area contributed by atoms with Crippen LogP contribution in [0.3, 0.4) is 0 Å². The molecular formula is C27H24N2O3. The summed E-state index contributed by atoms with van der Waals surface area (Å²) in [5, 5.41) is 13.4. The minimum absolute atomic E-state index is 0.00628. The van der Waals surface area contributed by atoms with Gasteiger partial charge in [0.2, 0.25) is 0 Å². The van der Waals surface area contributed by atoms with Crippen molar-refractivity contribution in [3.63, 3.8) is 0 Å². The molecule has 0 fully saturated rings. The van der Waals surface area contributed by atoms with Crippen molar-refractivity contribution in [3.8, 4) is 11.1 Å². The molecule has 4 aromatic rings. The van der Waals surface area contributed by atoms with Crippen LogP contribution in [-0.2, 0) is 4.74 Å². The van der Waals surface area contributed by atoms with Crippen LogP contribution < -0.4 is 5.32 Å². The third-order valence-electron chi connectivity index (χ3n) is 6.07. The molecule has 0 unspecified atom stereocenters. The predicted molar refractivity (Wildman–Crippen MR) is 124 cm³/mol. The minimum atomic E-state index is -0.501. The maximum atomic E-state index is 12.7. The first-order valence-corrected chi connectivity index (χ1v) is 10.8. The lowest BCUT2D eigenvalue weighted by molar-refractivity contribution is 0.136. The lowest BCUT2D eigenvalue weighted by Gasteiger charge is -2.20. The summed E-state index contributed by atoms with van der Waals surface area (Å²) in [5.74, 6) is 0.00628. The van der Waals surface area contributed by atoms with Gasteiger partial charge in [-0.2, -0.15) is 0 Å². The van der Waals surface area contributed by atoms with Crippen molar-refractivity contribution in [2.45, 2.75) is 18.4 Å². The zero-order valence-electron chi connectivity index (χ0n) is 17.6. The molecular weight excluding hydrogens is 400 g/mol. The summed E-state index contributed by atoms with van der Waals surface area (Å²) in [4.78, 5) is 17.2. The van der Waals surface area contributed by atoms with Gasteiger partial charge < -0.3 is 15.2 Å². The summed E-state index contributed by atoms with van der Waals surface area (Å²) < 4.78 is 5.67. The Kier molecular flexibility index (Phi) is 5.57. The molecule has 1 aliphatic carbocycles. The second-order valence-corrected chi connectivity index (χ2v) is 8.00. The molecule has 0 saturated carbocycles. The van der Waals surface area contributed by atoms with Crippen molar-refractivity contribution in [1.29, 1.82) is 0 Å². The zero-order valence-corrected chi connectivity index (χ0v) is 17.6. The summed E-state index contributed by atoms with van der Waals surface area (Å²) in [7, 11) is 0. The molecule has 0 radical (unpaired) electrons. The smallest absolute Gasteiger partial charge is 0.407 e. The fourth-order valence-electron chi connectivity index (χ4n) is 4.51. The lowest BCUT2D eigenvalue weighted by atomic mass is 9.98. The normalized spacial score (nSPS) is 13.4. The van der Waals surface area contributed by atoms with E-state index in [2.05, 4.69) is 34.6 Å². The molecule has 0 bridgehead atoms. The van der Waals surface area contributed by atoms with Crippen molar-refractivity contribution >= 4 is 17.0 Å². The molecule has 2 N–H and O–H groups in total. The van der Waals surface area contributed by atoms with Crippen molar-refractivity contribution in [1.82, 2.24) is 10.3 Å². The third-order valence-corrected chi connectivity index (χ3v) is 6.07. The first-order chi connectivity index (χ1) is 15.7. The van der Waals surface area contributed by atoms with Crippen molar-refractivity contribution in [3.05, 3.63) is 102 Å². The first-order valence-electron chi connectivity index (χ1n) is 10.8. The third kappa shape index (κ3) is 3.83. The number of aliphatic hydroxyl groups is 1. The number of alkyl carbamates (subject to hydrolysis) is 1. The van der Waals surface area contributed by atoms with Crippen LogP contribution in [0.5, 0.6) is 0 Å². The number of nitrogens with zero attached hydrogens (tertiary/aromatic N) is 1. The number of aliphatic hydroxyl groups excluding tert-OH is 1. The Morgan fingerprint density at radius 1 is 0.969 bits per heavy atom. The van der Waals surface area contributed by atoms with Gasteiger partial charge in [0, 0.05) is 24.1 Å². The number of hydrogen-bond donors (Lipinski definition) is 2. The summed E-state index contributed by atoms with van der Waals surface area (Å²) >= 11 is 0. The predicted octanol–water partition coefficient (Wildman–Crippen LogP) is 5.20. The van der Waals surface area contributed by atoms with Crippen LogP contribution in [0.25, 0.3) is 22.0 Å². The van der Waals surface area contributed by atoms with E-state index in [-0.39, 0.29) is 25.2 Å². The molecule has 1 heterocycles. The van der Waals surface area contributed by atoms with Gasteiger partial charge in [0.05, 0.1) is 11.6 Å². The van der Waals surface area contributed by atoms with Gasteiger partial charge in [0.25, 0.3) is 0 Å². The quantitative estimate of drug-likeness (QED) is 0.446. The number of benzene rings is 3. The monoisotopic (exact) mass is 424 g/mol. The van der Waals surface area contributed by atoms with Gasteiger partial charge >= 0.3 is 6.09 Å². The first kappa shape index (κ1) is 20.2. The minimum Gasteiger partial charge on any atom is -0.449 e. The Bertz CT molecular complexity index is 1220. The number of ether oxygens (including phenoxy) is 1. The van der Waals surface area contributed by atoms with E-state index in [1.807, 2.05) is 54.6 Å². The summed E-state index contributed by atoms with van der Waals surface area (Å²) in [6.45, 7) is 0.197. The van der Waals surface area contributed by atoms with Crippen LogP contribution in [0, 0.1) is 0 Å². The molecule has 5 rings (SSSR count). The van der Waals surface area contributed by atoms with E-state index in [1.165, 1.54) is 22.3 Å². The highest BCUT2D eigenvalue weighted by Gasteiger charge is 2.29. The molecule has 1 aromatic heterocycles. The number of rotatable bonds is 6. The number of nitrogens with one attached hydrogen (secondary N) is 1. The Morgan fingerprint density at radius 2 is 1.62 bits per heavy atom. The molecule has 0 saturated heterocycles. The average Bonchev–Trinajstić information content (AvgIpc) is 3.16. The number of aromatic nitrogens is 1.